The summed E-state index contributed by atoms with van der Waals surface area (Å²) in [6.45, 7) is 2.65. The normalized spacial score (nSPS) is 10.2. The Morgan fingerprint density at radius 1 is 1.41 bits per heavy atom. The molecule has 1 aromatic carbocycles. The molecule has 0 unspecified atom stereocenters. The molecule has 0 bridgehead atoms. The van der Waals surface area contributed by atoms with Gasteiger partial charge in [-0.15, -0.1) is 0 Å². The first-order valence-corrected chi connectivity index (χ1v) is 5.23. The predicted octanol–water partition coefficient (Wildman–Crippen LogP) is 2.03. The van der Waals surface area contributed by atoms with Gasteiger partial charge in [0.1, 0.15) is 11.5 Å². The molecule has 0 aliphatic heterocycles. The third-order valence-corrected chi connectivity index (χ3v) is 2.40. The van der Waals surface area contributed by atoms with Crippen molar-refractivity contribution >= 4 is 11.8 Å². The molecule has 0 amide bonds. The lowest BCUT2D eigenvalue weighted by atomic mass is 10.1. The monoisotopic (exact) mass is 231 g/mol. The Labute approximate surface area is 98.5 Å². The lowest BCUT2D eigenvalue weighted by Gasteiger charge is -2.02. The molecule has 5 heteroatoms. The number of anilines is 1. The summed E-state index contributed by atoms with van der Waals surface area (Å²) >= 11 is 0. The lowest BCUT2D eigenvalue weighted by Crippen LogP contribution is -1.99. The van der Waals surface area contributed by atoms with E-state index < -0.39 is 5.97 Å². The standard InChI is InChI=1S/C12H13N3O2/c1-8-2-4-9(5-3-8)7-13-11-6-10(12(16)17)14-15-11/h2-6H,7H2,1H3,(H,16,17)(H2,13,14,15). The summed E-state index contributed by atoms with van der Waals surface area (Å²) in [6.07, 6.45) is 0. The first-order chi connectivity index (χ1) is 8.15. The van der Waals surface area contributed by atoms with Crippen molar-refractivity contribution in [3.8, 4) is 0 Å². The zero-order valence-corrected chi connectivity index (χ0v) is 9.40. The molecular weight excluding hydrogens is 218 g/mol. The molecule has 0 saturated heterocycles. The minimum absolute atomic E-state index is 0.0800. The largest absolute Gasteiger partial charge is 0.477 e. The average molecular weight is 231 g/mol. The van der Waals surface area contributed by atoms with E-state index in [-0.39, 0.29) is 5.69 Å². The number of hydrogen-bond donors (Lipinski definition) is 3. The smallest absolute Gasteiger partial charge is 0.353 e. The van der Waals surface area contributed by atoms with E-state index in [0.29, 0.717) is 12.4 Å². The van der Waals surface area contributed by atoms with Crippen molar-refractivity contribution in [1.29, 1.82) is 0 Å². The van der Waals surface area contributed by atoms with E-state index >= 15 is 0 Å². The summed E-state index contributed by atoms with van der Waals surface area (Å²) < 4.78 is 0. The molecule has 0 radical (unpaired) electrons. The first kappa shape index (κ1) is 11.2. The van der Waals surface area contributed by atoms with Crippen LogP contribution in [0.5, 0.6) is 0 Å². The topological polar surface area (TPSA) is 78.0 Å². The molecule has 1 heterocycles. The Morgan fingerprint density at radius 3 is 2.71 bits per heavy atom. The van der Waals surface area contributed by atoms with E-state index in [9.17, 15) is 4.79 Å². The molecule has 3 N–H and O–H groups in total. The Hall–Kier alpha value is -2.30. The van der Waals surface area contributed by atoms with Crippen LogP contribution in [-0.4, -0.2) is 21.3 Å². The Morgan fingerprint density at radius 2 is 2.12 bits per heavy atom. The Kier molecular flexibility index (Phi) is 3.09. The van der Waals surface area contributed by atoms with Crippen molar-refractivity contribution in [1.82, 2.24) is 10.2 Å². The minimum Gasteiger partial charge on any atom is -0.477 e. The molecule has 0 saturated carbocycles. The van der Waals surface area contributed by atoms with Crippen LogP contribution in [0.4, 0.5) is 5.82 Å². The van der Waals surface area contributed by atoms with Crippen LogP contribution in [0.1, 0.15) is 21.6 Å². The van der Waals surface area contributed by atoms with Crippen molar-refractivity contribution in [2.24, 2.45) is 0 Å². The van der Waals surface area contributed by atoms with Gasteiger partial charge in [0.25, 0.3) is 0 Å². The molecule has 5 nitrogen and oxygen atoms in total. The highest BCUT2D eigenvalue weighted by atomic mass is 16.4. The number of carbonyl (C=O) groups is 1. The molecule has 88 valence electrons. The number of H-pyrrole nitrogens is 1. The third-order valence-electron chi connectivity index (χ3n) is 2.40. The number of benzene rings is 1. The second kappa shape index (κ2) is 4.69. The number of carboxylic acids is 1. The van der Waals surface area contributed by atoms with Crippen LogP contribution in [0, 0.1) is 6.92 Å². The second-order valence-corrected chi connectivity index (χ2v) is 3.81. The molecular formula is C12H13N3O2. The predicted molar refractivity (Wildman–Crippen MR) is 64.1 cm³/mol. The quantitative estimate of drug-likeness (QED) is 0.752. The van der Waals surface area contributed by atoms with Crippen LogP contribution >= 0.6 is 0 Å². The molecule has 0 spiro atoms. The van der Waals surface area contributed by atoms with Crippen LogP contribution in [0.25, 0.3) is 0 Å². The highest BCUT2D eigenvalue weighted by Gasteiger charge is 2.06. The molecule has 0 fully saturated rings. The number of aromatic nitrogens is 2. The minimum atomic E-state index is -1.01. The second-order valence-electron chi connectivity index (χ2n) is 3.81. The number of carboxylic acid groups (broad SMARTS) is 1. The van der Waals surface area contributed by atoms with E-state index in [4.69, 9.17) is 5.11 Å². The van der Waals surface area contributed by atoms with Crippen LogP contribution in [0.2, 0.25) is 0 Å². The fourth-order valence-electron chi connectivity index (χ4n) is 1.42. The zero-order valence-electron chi connectivity index (χ0n) is 9.40. The summed E-state index contributed by atoms with van der Waals surface area (Å²) in [6, 6.07) is 9.57. The SMILES string of the molecule is Cc1ccc(CNc2cc(C(=O)O)[nH]n2)cc1. The molecule has 1 aromatic heterocycles. The van der Waals surface area contributed by atoms with Gasteiger partial charge in [-0.05, 0) is 12.5 Å². The van der Waals surface area contributed by atoms with Gasteiger partial charge in [-0.25, -0.2) is 4.79 Å². The van der Waals surface area contributed by atoms with E-state index in [1.807, 2.05) is 31.2 Å². The Bertz CT molecular complexity index is 517. The summed E-state index contributed by atoms with van der Waals surface area (Å²) in [5, 5.41) is 18.1. The highest BCUT2D eigenvalue weighted by Crippen LogP contribution is 2.08. The van der Waals surface area contributed by atoms with Crippen LogP contribution in [0.3, 0.4) is 0 Å². The molecule has 0 aliphatic rings. The molecule has 17 heavy (non-hydrogen) atoms. The lowest BCUT2D eigenvalue weighted by molar-refractivity contribution is 0.0690. The van der Waals surface area contributed by atoms with Gasteiger partial charge < -0.3 is 10.4 Å². The van der Waals surface area contributed by atoms with Crippen LogP contribution in [0.15, 0.2) is 30.3 Å². The van der Waals surface area contributed by atoms with Crippen molar-refractivity contribution in [3.05, 3.63) is 47.2 Å². The number of aryl methyl sites for hydroxylation is 1. The summed E-state index contributed by atoms with van der Waals surface area (Å²) in [5.74, 6) is -0.483. The van der Waals surface area contributed by atoms with Gasteiger partial charge in [-0.3, -0.25) is 5.10 Å². The average Bonchev–Trinajstić information content (AvgIpc) is 2.77. The summed E-state index contributed by atoms with van der Waals surface area (Å²) in [4.78, 5) is 10.6. The van der Waals surface area contributed by atoms with Crippen molar-refractivity contribution < 1.29 is 9.90 Å². The van der Waals surface area contributed by atoms with Gasteiger partial charge in [0.15, 0.2) is 0 Å². The number of rotatable bonds is 4. The first-order valence-electron chi connectivity index (χ1n) is 5.23. The molecule has 0 atom stereocenters. The maximum Gasteiger partial charge on any atom is 0.353 e. The van der Waals surface area contributed by atoms with E-state index in [1.54, 1.807) is 0 Å². The van der Waals surface area contributed by atoms with Crippen LogP contribution in [-0.2, 0) is 6.54 Å². The van der Waals surface area contributed by atoms with Gasteiger partial charge >= 0.3 is 5.97 Å². The van der Waals surface area contributed by atoms with Crippen LogP contribution < -0.4 is 5.32 Å². The molecule has 2 aromatic rings. The van der Waals surface area contributed by atoms with Gasteiger partial charge in [0, 0.05) is 12.6 Å². The number of aromatic amines is 1. The van der Waals surface area contributed by atoms with Crippen molar-refractivity contribution in [2.45, 2.75) is 13.5 Å². The third kappa shape index (κ3) is 2.84. The van der Waals surface area contributed by atoms with Crippen molar-refractivity contribution in [2.75, 3.05) is 5.32 Å². The Balaban J connectivity index is 1.97. The maximum atomic E-state index is 10.6. The fraction of sp³-hybridized carbons (Fsp3) is 0.167. The zero-order chi connectivity index (χ0) is 12.3. The van der Waals surface area contributed by atoms with Gasteiger partial charge in [0.2, 0.25) is 0 Å². The van der Waals surface area contributed by atoms with E-state index in [0.717, 1.165) is 5.56 Å². The van der Waals surface area contributed by atoms with E-state index in [1.165, 1.54) is 11.6 Å². The van der Waals surface area contributed by atoms with Gasteiger partial charge in [0.05, 0.1) is 0 Å². The summed E-state index contributed by atoms with van der Waals surface area (Å²) in [5.41, 5.74) is 2.41. The van der Waals surface area contributed by atoms with Gasteiger partial charge in [-0.1, -0.05) is 29.8 Å². The highest BCUT2D eigenvalue weighted by molar-refractivity contribution is 5.86. The number of aromatic carboxylic acids is 1. The number of nitrogens with one attached hydrogen (secondary N) is 2. The number of hydrogen-bond acceptors (Lipinski definition) is 3. The van der Waals surface area contributed by atoms with E-state index in [2.05, 4.69) is 15.5 Å². The molecule has 0 aliphatic carbocycles. The van der Waals surface area contributed by atoms with Gasteiger partial charge in [-0.2, -0.15) is 5.10 Å². The molecule has 2 rings (SSSR count). The van der Waals surface area contributed by atoms with Crippen molar-refractivity contribution in [3.63, 3.8) is 0 Å². The fourth-order valence-corrected chi connectivity index (χ4v) is 1.42. The maximum absolute atomic E-state index is 10.6. The summed E-state index contributed by atoms with van der Waals surface area (Å²) in [7, 11) is 0. The number of nitrogens with zero attached hydrogens (tertiary/aromatic N) is 1.